The number of carbonyl (C=O) groups is 2. The van der Waals surface area contributed by atoms with Crippen molar-refractivity contribution in [2.45, 2.75) is 33.6 Å². The molecule has 0 aromatic heterocycles. The lowest BCUT2D eigenvalue weighted by Gasteiger charge is -2.14. The molecule has 0 radical (unpaired) electrons. The van der Waals surface area contributed by atoms with Crippen LogP contribution in [0.2, 0.25) is 0 Å². The molecule has 0 bridgehead atoms. The Labute approximate surface area is 197 Å². The first kappa shape index (κ1) is 24.8. The second-order valence-corrected chi connectivity index (χ2v) is 8.76. The molecular formula is C23H28BrN3O3S. The van der Waals surface area contributed by atoms with Crippen molar-refractivity contribution in [2.24, 2.45) is 5.92 Å². The van der Waals surface area contributed by atoms with Crippen LogP contribution in [0.4, 0.5) is 5.69 Å². The predicted octanol–water partition coefficient (Wildman–Crippen LogP) is 5.14. The zero-order chi connectivity index (χ0) is 22.8. The number of ether oxygens (including phenoxy) is 1. The molecule has 31 heavy (non-hydrogen) atoms. The minimum absolute atomic E-state index is 0.112. The fourth-order valence-corrected chi connectivity index (χ4v) is 3.15. The minimum Gasteiger partial charge on any atom is -0.492 e. The third kappa shape index (κ3) is 8.30. The van der Waals surface area contributed by atoms with Gasteiger partial charge < -0.3 is 15.4 Å². The van der Waals surface area contributed by atoms with Gasteiger partial charge in [0.05, 0.1) is 12.2 Å². The molecule has 2 amide bonds. The van der Waals surface area contributed by atoms with Crippen molar-refractivity contribution in [3.8, 4) is 5.75 Å². The van der Waals surface area contributed by atoms with Crippen LogP contribution in [-0.4, -0.2) is 30.1 Å². The highest BCUT2D eigenvalue weighted by Crippen LogP contribution is 2.24. The van der Waals surface area contributed by atoms with E-state index in [4.69, 9.17) is 17.0 Å². The number of benzene rings is 2. The Kier molecular flexibility index (Phi) is 9.94. The molecule has 2 aromatic rings. The maximum Gasteiger partial charge on any atom is 0.261 e. The third-order valence-corrected chi connectivity index (χ3v) is 4.90. The summed E-state index contributed by atoms with van der Waals surface area (Å²) in [4.78, 5) is 24.8. The van der Waals surface area contributed by atoms with Crippen molar-refractivity contribution in [1.82, 2.24) is 10.6 Å². The molecule has 0 saturated heterocycles. The molecule has 166 valence electrons. The van der Waals surface area contributed by atoms with Crippen molar-refractivity contribution < 1.29 is 14.3 Å². The Hall–Kier alpha value is -2.45. The molecule has 0 unspecified atom stereocenters. The zero-order valence-electron chi connectivity index (χ0n) is 18.0. The van der Waals surface area contributed by atoms with Crippen LogP contribution >= 0.6 is 28.1 Å². The number of unbranched alkanes of at least 4 members (excludes halogenated alkanes) is 1. The van der Waals surface area contributed by atoms with E-state index in [0.29, 0.717) is 41.6 Å². The molecule has 2 rings (SSSR count). The van der Waals surface area contributed by atoms with E-state index in [0.717, 1.165) is 17.3 Å². The first-order valence-electron chi connectivity index (χ1n) is 10.2. The number of nitrogens with one attached hydrogen (secondary N) is 3. The molecule has 8 heteroatoms. The van der Waals surface area contributed by atoms with E-state index in [9.17, 15) is 9.59 Å². The number of amides is 2. The first-order valence-corrected chi connectivity index (χ1v) is 11.4. The van der Waals surface area contributed by atoms with Crippen LogP contribution in [0.25, 0.3) is 0 Å². The first-order chi connectivity index (χ1) is 14.8. The van der Waals surface area contributed by atoms with Crippen LogP contribution in [-0.2, 0) is 0 Å². The summed E-state index contributed by atoms with van der Waals surface area (Å²) >= 11 is 8.66. The van der Waals surface area contributed by atoms with E-state index < -0.39 is 0 Å². The normalized spacial score (nSPS) is 10.5. The van der Waals surface area contributed by atoms with Crippen molar-refractivity contribution in [2.75, 3.05) is 18.5 Å². The largest absolute Gasteiger partial charge is 0.492 e. The van der Waals surface area contributed by atoms with Gasteiger partial charge in [0.1, 0.15) is 5.75 Å². The number of carbonyl (C=O) groups excluding carboxylic acids is 2. The molecular weight excluding hydrogens is 478 g/mol. The molecule has 0 heterocycles. The molecule has 0 fully saturated rings. The molecule has 0 spiro atoms. The molecule has 0 aliphatic carbocycles. The van der Waals surface area contributed by atoms with Gasteiger partial charge in [-0.15, -0.1) is 0 Å². The van der Waals surface area contributed by atoms with Gasteiger partial charge in [0.2, 0.25) is 0 Å². The Balaban J connectivity index is 1.97. The lowest BCUT2D eigenvalue weighted by atomic mass is 10.2. The van der Waals surface area contributed by atoms with Crippen LogP contribution in [0, 0.1) is 5.92 Å². The van der Waals surface area contributed by atoms with Crippen LogP contribution in [0.1, 0.15) is 54.3 Å². The summed E-state index contributed by atoms with van der Waals surface area (Å²) in [5.74, 6) is 0.346. The summed E-state index contributed by atoms with van der Waals surface area (Å²) in [5.41, 5.74) is 1.62. The summed E-state index contributed by atoms with van der Waals surface area (Å²) in [6.07, 6.45) is 1.97. The van der Waals surface area contributed by atoms with Gasteiger partial charge in [0.15, 0.2) is 5.11 Å². The monoisotopic (exact) mass is 505 g/mol. The van der Waals surface area contributed by atoms with Gasteiger partial charge in [-0.2, -0.15) is 0 Å². The molecule has 6 nitrogen and oxygen atoms in total. The summed E-state index contributed by atoms with van der Waals surface area (Å²) in [7, 11) is 0. The van der Waals surface area contributed by atoms with E-state index in [1.807, 2.05) is 19.9 Å². The van der Waals surface area contributed by atoms with Crippen molar-refractivity contribution in [1.29, 1.82) is 0 Å². The van der Waals surface area contributed by atoms with Gasteiger partial charge in [-0.25, -0.2) is 0 Å². The topological polar surface area (TPSA) is 79.5 Å². The lowest BCUT2D eigenvalue weighted by molar-refractivity contribution is 0.0950. The molecule has 0 aliphatic heterocycles. The maximum absolute atomic E-state index is 12.7. The third-order valence-electron chi connectivity index (χ3n) is 4.21. The zero-order valence-corrected chi connectivity index (χ0v) is 20.4. The van der Waals surface area contributed by atoms with E-state index >= 15 is 0 Å². The van der Waals surface area contributed by atoms with Gasteiger partial charge >= 0.3 is 0 Å². The van der Waals surface area contributed by atoms with Crippen LogP contribution in [0.5, 0.6) is 5.75 Å². The smallest absolute Gasteiger partial charge is 0.261 e. The fraction of sp³-hybridized carbons (Fsp3) is 0.348. The standard InChI is InChI=1S/C23H28BrN3O3S/c1-4-5-12-25-21(28)16-6-9-18(10-7-16)26-23(31)27-22(29)19-13-17(24)8-11-20(19)30-14-15(2)3/h6-11,13,15H,4-5,12,14H2,1-3H3,(H,25,28)(H2,26,27,29,31). The van der Waals surface area contributed by atoms with Crippen molar-refractivity contribution in [3.05, 3.63) is 58.1 Å². The van der Waals surface area contributed by atoms with Gasteiger partial charge in [-0.1, -0.05) is 43.1 Å². The highest BCUT2D eigenvalue weighted by molar-refractivity contribution is 9.10. The van der Waals surface area contributed by atoms with Crippen LogP contribution < -0.4 is 20.7 Å². The van der Waals surface area contributed by atoms with Crippen molar-refractivity contribution >= 4 is 50.8 Å². The van der Waals surface area contributed by atoms with Crippen molar-refractivity contribution in [3.63, 3.8) is 0 Å². The number of hydrogen-bond acceptors (Lipinski definition) is 4. The number of hydrogen-bond donors (Lipinski definition) is 3. The minimum atomic E-state index is -0.371. The van der Waals surface area contributed by atoms with E-state index in [1.54, 1.807) is 36.4 Å². The molecule has 0 saturated carbocycles. The van der Waals surface area contributed by atoms with Gasteiger partial charge in [-0.3, -0.25) is 14.9 Å². The highest BCUT2D eigenvalue weighted by atomic mass is 79.9. The molecule has 0 atom stereocenters. The summed E-state index contributed by atoms with van der Waals surface area (Å²) in [6, 6.07) is 12.2. The van der Waals surface area contributed by atoms with Crippen LogP contribution in [0.15, 0.2) is 46.9 Å². The predicted molar refractivity (Wildman–Crippen MR) is 132 cm³/mol. The average molecular weight is 506 g/mol. The SMILES string of the molecule is CCCCNC(=O)c1ccc(NC(=S)NC(=O)c2cc(Br)ccc2OCC(C)C)cc1. The second kappa shape index (κ2) is 12.4. The Bertz CT molecular complexity index is 917. The Morgan fingerprint density at radius 2 is 1.81 bits per heavy atom. The highest BCUT2D eigenvalue weighted by Gasteiger charge is 2.15. The Morgan fingerprint density at radius 1 is 1.10 bits per heavy atom. The number of anilines is 1. The van der Waals surface area contributed by atoms with Gasteiger partial charge in [-0.05, 0) is 67.0 Å². The molecule has 3 N–H and O–H groups in total. The van der Waals surface area contributed by atoms with E-state index in [1.165, 1.54) is 0 Å². The van der Waals surface area contributed by atoms with Gasteiger partial charge in [0, 0.05) is 22.3 Å². The Morgan fingerprint density at radius 3 is 2.45 bits per heavy atom. The second-order valence-electron chi connectivity index (χ2n) is 7.44. The fourth-order valence-electron chi connectivity index (χ4n) is 2.58. The number of rotatable bonds is 9. The quantitative estimate of drug-likeness (QED) is 0.324. The van der Waals surface area contributed by atoms with Crippen LogP contribution in [0.3, 0.4) is 0 Å². The van der Waals surface area contributed by atoms with E-state index in [-0.39, 0.29) is 16.9 Å². The summed E-state index contributed by atoms with van der Waals surface area (Å²) in [5, 5.41) is 8.66. The number of thiocarbonyl (C=S) groups is 1. The van der Waals surface area contributed by atoms with E-state index in [2.05, 4.69) is 38.8 Å². The molecule has 0 aliphatic rings. The molecule has 2 aromatic carbocycles. The number of halogens is 1. The van der Waals surface area contributed by atoms with Gasteiger partial charge in [0.25, 0.3) is 11.8 Å². The lowest BCUT2D eigenvalue weighted by Crippen LogP contribution is -2.34. The average Bonchev–Trinajstić information content (AvgIpc) is 2.73. The summed E-state index contributed by atoms with van der Waals surface area (Å²) < 4.78 is 6.53. The maximum atomic E-state index is 12.7. The summed E-state index contributed by atoms with van der Waals surface area (Å²) in [6.45, 7) is 7.31.